The van der Waals surface area contributed by atoms with E-state index in [1.165, 1.54) is 53.1 Å². The number of amides is 5. The normalized spacial score (nSPS) is 18.6. The number of likely N-dealkylation sites (tertiary alicyclic amines) is 2. The number of carbonyl (C=O) groups excluding carboxylic acids is 5. The van der Waals surface area contributed by atoms with Crippen molar-refractivity contribution >= 4 is 51.8 Å². The number of aromatic nitrogens is 3. The van der Waals surface area contributed by atoms with Crippen LogP contribution in [0.15, 0.2) is 36.4 Å². The van der Waals surface area contributed by atoms with Gasteiger partial charge in [-0.3, -0.25) is 24.6 Å². The van der Waals surface area contributed by atoms with Crippen molar-refractivity contribution in [2.24, 2.45) is 11.8 Å². The molecule has 2 aliphatic rings. The first-order valence-electron chi connectivity index (χ1n) is 25.7. The summed E-state index contributed by atoms with van der Waals surface area (Å²) in [6.07, 6.45) is 0.503. The summed E-state index contributed by atoms with van der Waals surface area (Å²) < 4.78 is 43.1. The number of rotatable bonds is 16. The quantitative estimate of drug-likeness (QED) is 0.0932. The Bertz CT molecular complexity index is 2650. The molecule has 4 heterocycles. The van der Waals surface area contributed by atoms with Crippen LogP contribution < -0.4 is 5.32 Å². The molecule has 2 saturated heterocycles. The summed E-state index contributed by atoms with van der Waals surface area (Å²) in [6.45, 7) is 22.5. The van der Waals surface area contributed by atoms with Crippen LogP contribution in [0.1, 0.15) is 114 Å². The first-order valence-corrected chi connectivity index (χ1v) is 25.7. The van der Waals surface area contributed by atoms with E-state index < -0.39 is 71.3 Å². The van der Waals surface area contributed by atoms with Gasteiger partial charge in [-0.15, -0.1) is 0 Å². The molecule has 0 saturated carbocycles. The lowest BCUT2D eigenvalue weighted by atomic mass is 9.97. The second-order valence-electron chi connectivity index (χ2n) is 22.8. The number of H-pyrrole nitrogens is 1. The van der Waals surface area contributed by atoms with Gasteiger partial charge in [-0.25, -0.2) is 23.4 Å². The lowest BCUT2D eigenvalue weighted by Gasteiger charge is -2.38. The molecule has 2 aliphatic heterocycles. The van der Waals surface area contributed by atoms with Gasteiger partial charge in [-0.1, -0.05) is 27.7 Å². The zero-order valence-corrected chi connectivity index (χ0v) is 45.5. The Morgan fingerprint density at radius 1 is 0.781 bits per heavy atom. The van der Waals surface area contributed by atoms with Crippen LogP contribution in [0.4, 0.5) is 18.4 Å². The molecular weight excluding hydrogens is 941 g/mol. The number of fused-ring (bicyclic) bond motifs is 2. The molecule has 6 rings (SSSR count). The third-order valence-corrected chi connectivity index (χ3v) is 14.3. The average Bonchev–Trinajstić information content (AvgIpc) is 4.11. The topological polar surface area (TPSA) is 186 Å². The molecular formula is C54H79F2N9O8. The summed E-state index contributed by atoms with van der Waals surface area (Å²) in [4.78, 5) is 85.5. The third-order valence-electron chi connectivity index (χ3n) is 14.3. The molecule has 1 unspecified atom stereocenters. The highest BCUT2D eigenvalue weighted by atomic mass is 19.1. The Kier molecular flexibility index (Phi) is 17.3. The fraction of sp³-hybridized carbons (Fsp3) is 0.630. The van der Waals surface area contributed by atoms with E-state index in [9.17, 15) is 29.1 Å². The summed E-state index contributed by atoms with van der Waals surface area (Å²) in [5.74, 6) is -1.89. The van der Waals surface area contributed by atoms with Crippen LogP contribution in [-0.4, -0.2) is 162 Å². The highest BCUT2D eigenvalue weighted by Gasteiger charge is 2.42. The standard InChI is InChI=1S/C54H79F2N9O8/c1-30(2)43(59-47(66)32(5)60(13)51(70)72-53(7,8)9)49(68)64-25-17-19-37(64)29-65-42-23-21-35(56)27-41(42)58-46(65)44-39(38-22-20-34(55)26-40(38)57-44)28-36-18-16-24-63(36)50(69)45(31(3)4)62(15)48(67)33(6)61(14)52(71)73-54(10,11)12/h20-23,26-27,30-33,36-37,43,45,47,57,59,66H,16-19,24-25,28-29H2,1-15H3/t32-,33-,36-,37-,43-,45-,47?/m0/s1. The molecule has 5 amide bonds. The van der Waals surface area contributed by atoms with Crippen LogP contribution in [-0.2, 0) is 36.8 Å². The fourth-order valence-corrected chi connectivity index (χ4v) is 10.1. The zero-order valence-electron chi connectivity index (χ0n) is 45.5. The number of imidazole rings is 1. The molecule has 402 valence electrons. The number of likely N-dealkylation sites (N-methyl/N-ethyl adjacent to an activating group) is 3. The van der Waals surface area contributed by atoms with E-state index in [2.05, 4.69) is 10.3 Å². The molecule has 17 nitrogen and oxygen atoms in total. The minimum atomic E-state index is -1.27. The maximum Gasteiger partial charge on any atom is 0.410 e. The van der Waals surface area contributed by atoms with Gasteiger partial charge in [0.15, 0.2) is 5.82 Å². The Balaban J connectivity index is 1.32. The van der Waals surface area contributed by atoms with E-state index in [1.54, 1.807) is 74.6 Å². The van der Waals surface area contributed by atoms with E-state index in [0.717, 1.165) is 10.9 Å². The SMILES string of the molecule is CC(C)[C@H](NC(O)[C@H](C)N(C)C(=O)OC(C)(C)C)C(=O)N1CCC[C@H]1Cn1c(-c2[nH]c3cc(F)ccc3c2C[C@@H]2CCCN2C(=O)[C@H](C(C)C)N(C)C(=O)[C@H](C)N(C)C(=O)OC(C)(C)C)nc2cc(F)ccc21. The first-order chi connectivity index (χ1) is 34.0. The van der Waals surface area contributed by atoms with E-state index in [4.69, 9.17) is 14.5 Å². The van der Waals surface area contributed by atoms with Gasteiger partial charge in [0.1, 0.15) is 41.1 Å². The smallest absolute Gasteiger partial charge is 0.410 e. The van der Waals surface area contributed by atoms with Gasteiger partial charge in [0, 0.05) is 69.8 Å². The van der Waals surface area contributed by atoms with E-state index in [0.29, 0.717) is 73.3 Å². The molecule has 4 aromatic rings. The monoisotopic (exact) mass is 1020 g/mol. The van der Waals surface area contributed by atoms with Gasteiger partial charge in [-0.2, -0.15) is 0 Å². The number of aromatic amines is 1. The molecule has 2 fully saturated rings. The maximum absolute atomic E-state index is 15.1. The van der Waals surface area contributed by atoms with E-state index in [1.807, 2.05) is 42.1 Å². The van der Waals surface area contributed by atoms with Crippen molar-refractivity contribution in [2.75, 3.05) is 34.2 Å². The molecule has 19 heteroatoms. The second-order valence-corrected chi connectivity index (χ2v) is 22.8. The first kappa shape index (κ1) is 56.5. The number of ether oxygens (including phenoxy) is 2. The number of halogens is 2. The number of nitrogens with one attached hydrogen (secondary N) is 2. The van der Waals surface area contributed by atoms with Gasteiger partial charge in [-0.05, 0) is 135 Å². The molecule has 0 spiro atoms. The zero-order chi connectivity index (χ0) is 54.2. The number of carbonyl (C=O) groups is 5. The maximum atomic E-state index is 15.1. The molecule has 0 bridgehead atoms. The Hall–Kier alpha value is -5.82. The lowest BCUT2D eigenvalue weighted by molar-refractivity contribution is -0.149. The van der Waals surface area contributed by atoms with Crippen LogP contribution in [0.2, 0.25) is 0 Å². The van der Waals surface area contributed by atoms with E-state index >= 15 is 8.78 Å². The molecule has 0 radical (unpaired) electrons. The minimum Gasteiger partial charge on any atom is -0.444 e. The average molecular weight is 1020 g/mol. The van der Waals surface area contributed by atoms with Gasteiger partial charge in [0.2, 0.25) is 17.7 Å². The predicted octanol–water partition coefficient (Wildman–Crippen LogP) is 7.91. The second kappa shape index (κ2) is 22.3. The molecule has 3 N–H and O–H groups in total. The highest BCUT2D eigenvalue weighted by molar-refractivity contribution is 5.93. The van der Waals surface area contributed by atoms with Crippen molar-refractivity contribution in [1.29, 1.82) is 0 Å². The summed E-state index contributed by atoms with van der Waals surface area (Å²) in [6, 6.07) is 4.87. The number of aliphatic hydroxyl groups excluding tert-OH is 1. The van der Waals surface area contributed by atoms with Crippen molar-refractivity contribution < 1.29 is 47.3 Å². The number of hydrogen-bond donors (Lipinski definition) is 3. The lowest BCUT2D eigenvalue weighted by Crippen LogP contribution is -2.58. The number of aliphatic hydroxyl groups is 1. The van der Waals surface area contributed by atoms with Crippen LogP contribution in [0.25, 0.3) is 33.5 Å². The van der Waals surface area contributed by atoms with Crippen molar-refractivity contribution in [1.82, 2.24) is 44.4 Å². The summed E-state index contributed by atoms with van der Waals surface area (Å²) in [5.41, 5.74) is 1.34. The number of nitrogens with zero attached hydrogens (tertiary/aromatic N) is 7. The fourth-order valence-electron chi connectivity index (χ4n) is 10.1. The molecule has 73 heavy (non-hydrogen) atoms. The highest BCUT2D eigenvalue weighted by Crippen LogP contribution is 2.37. The van der Waals surface area contributed by atoms with Crippen LogP contribution in [0.3, 0.4) is 0 Å². The molecule has 2 aromatic heterocycles. The minimum absolute atomic E-state index is 0.218. The van der Waals surface area contributed by atoms with Gasteiger partial charge in [0.05, 0.1) is 28.8 Å². The van der Waals surface area contributed by atoms with Crippen molar-refractivity contribution in [2.45, 2.75) is 175 Å². The molecule has 7 atom stereocenters. The van der Waals surface area contributed by atoms with Crippen molar-refractivity contribution in [3.05, 3.63) is 53.6 Å². The van der Waals surface area contributed by atoms with Crippen molar-refractivity contribution in [3.63, 3.8) is 0 Å². The Morgan fingerprint density at radius 3 is 1.93 bits per heavy atom. The molecule has 0 aliphatic carbocycles. The summed E-state index contributed by atoms with van der Waals surface area (Å²) >= 11 is 0. The van der Waals surface area contributed by atoms with Gasteiger partial charge in [0.25, 0.3) is 0 Å². The van der Waals surface area contributed by atoms with Crippen LogP contribution in [0, 0.1) is 23.5 Å². The number of hydrogen-bond acceptors (Lipinski definition) is 10. The van der Waals surface area contributed by atoms with E-state index in [-0.39, 0.29) is 42.3 Å². The predicted molar refractivity (Wildman–Crippen MR) is 276 cm³/mol. The number of benzene rings is 2. The van der Waals surface area contributed by atoms with Gasteiger partial charge < -0.3 is 43.7 Å². The van der Waals surface area contributed by atoms with Crippen molar-refractivity contribution in [3.8, 4) is 11.5 Å². The third kappa shape index (κ3) is 12.8. The van der Waals surface area contributed by atoms with Crippen LogP contribution >= 0.6 is 0 Å². The Labute approximate surface area is 428 Å². The van der Waals surface area contributed by atoms with Gasteiger partial charge >= 0.3 is 12.2 Å². The molecule has 2 aromatic carbocycles. The largest absolute Gasteiger partial charge is 0.444 e. The summed E-state index contributed by atoms with van der Waals surface area (Å²) in [7, 11) is 4.62. The van der Waals surface area contributed by atoms with Crippen LogP contribution in [0.5, 0.6) is 0 Å². The Morgan fingerprint density at radius 2 is 1.34 bits per heavy atom. The summed E-state index contributed by atoms with van der Waals surface area (Å²) in [5, 5.41) is 15.2.